The van der Waals surface area contributed by atoms with Crippen LogP contribution >= 0.6 is 0 Å². The molecule has 3 aliphatic rings. The van der Waals surface area contributed by atoms with Gasteiger partial charge < -0.3 is 14.2 Å². The average Bonchev–Trinajstić information content (AvgIpc) is 2.92. The second-order valence-corrected chi connectivity index (χ2v) is 11.4. The quantitative estimate of drug-likeness (QED) is 0.273. The third kappa shape index (κ3) is 6.17. The highest BCUT2D eigenvalue weighted by molar-refractivity contribution is 5.27. The maximum Gasteiger partial charge on any atom is 0.400 e. The normalized spacial score (nSPS) is 30.7. The van der Waals surface area contributed by atoms with Crippen LogP contribution < -0.4 is 4.74 Å². The van der Waals surface area contributed by atoms with E-state index in [1.54, 1.807) is 0 Å². The molecular formula is C30H35F5O3. The van der Waals surface area contributed by atoms with Gasteiger partial charge in [-0.3, -0.25) is 0 Å². The molecule has 0 atom stereocenters. The highest BCUT2D eigenvalue weighted by atomic mass is 19.3. The molecule has 8 heteroatoms. The summed E-state index contributed by atoms with van der Waals surface area (Å²) >= 11 is 0. The second-order valence-electron chi connectivity index (χ2n) is 11.4. The Kier molecular flexibility index (Phi) is 8.29. The van der Waals surface area contributed by atoms with Crippen molar-refractivity contribution in [2.24, 2.45) is 23.7 Å². The molecule has 1 saturated heterocycles. The molecule has 0 aromatic heterocycles. The number of alkyl halides is 2. The predicted octanol–water partition coefficient (Wildman–Crippen LogP) is 8.54. The van der Waals surface area contributed by atoms with Crippen molar-refractivity contribution in [3.8, 4) is 5.75 Å². The first-order chi connectivity index (χ1) is 18.2. The Morgan fingerprint density at radius 1 is 0.737 bits per heavy atom. The molecule has 3 fully saturated rings. The first-order valence-electron chi connectivity index (χ1n) is 13.7. The number of halogens is 5. The molecule has 2 aliphatic carbocycles. The van der Waals surface area contributed by atoms with Crippen molar-refractivity contribution < 1.29 is 36.2 Å². The minimum atomic E-state index is -3.62. The van der Waals surface area contributed by atoms with E-state index >= 15 is 0 Å². The molecule has 0 amide bonds. The van der Waals surface area contributed by atoms with Gasteiger partial charge in [-0.1, -0.05) is 44.0 Å². The summed E-state index contributed by atoms with van der Waals surface area (Å²) in [5.74, 6) is -4.58. The fourth-order valence-electron chi connectivity index (χ4n) is 6.26. The van der Waals surface area contributed by atoms with Crippen molar-refractivity contribution in [1.29, 1.82) is 0 Å². The molecule has 2 aromatic carbocycles. The fraction of sp³-hybridized carbons (Fsp3) is 0.600. The highest BCUT2D eigenvalue weighted by Crippen LogP contribution is 2.44. The van der Waals surface area contributed by atoms with Crippen molar-refractivity contribution in [2.45, 2.75) is 76.6 Å². The zero-order valence-electron chi connectivity index (χ0n) is 21.6. The number of hydrogen-bond donors (Lipinski definition) is 0. The number of benzene rings is 2. The summed E-state index contributed by atoms with van der Waals surface area (Å²) in [6.07, 6.45) is 2.54. The zero-order chi connectivity index (χ0) is 26.9. The van der Waals surface area contributed by atoms with E-state index in [-0.39, 0.29) is 25.0 Å². The summed E-state index contributed by atoms with van der Waals surface area (Å²) in [7, 11) is 0. The molecule has 0 unspecified atom stereocenters. The Bertz CT molecular complexity index is 1040. The van der Waals surface area contributed by atoms with Crippen LogP contribution in [-0.4, -0.2) is 19.3 Å². The Labute approximate surface area is 220 Å². The number of hydrogen-bond acceptors (Lipinski definition) is 3. The van der Waals surface area contributed by atoms with Crippen LogP contribution in [0.4, 0.5) is 22.0 Å². The third-order valence-electron chi connectivity index (χ3n) is 8.74. The molecule has 5 rings (SSSR count). The second kappa shape index (κ2) is 11.5. The molecule has 1 heterocycles. The summed E-state index contributed by atoms with van der Waals surface area (Å²) < 4.78 is 86.1. The highest BCUT2D eigenvalue weighted by Gasteiger charge is 2.44. The molecule has 38 heavy (non-hydrogen) atoms. The van der Waals surface area contributed by atoms with E-state index in [4.69, 9.17) is 9.47 Å². The van der Waals surface area contributed by atoms with E-state index in [2.05, 4.69) is 11.7 Å². The molecule has 3 nitrogen and oxygen atoms in total. The minimum Gasteiger partial charge on any atom is -0.432 e. The van der Waals surface area contributed by atoms with Gasteiger partial charge in [0.2, 0.25) is 0 Å². The lowest BCUT2D eigenvalue weighted by molar-refractivity contribution is -0.222. The zero-order valence-corrected chi connectivity index (χ0v) is 21.6. The van der Waals surface area contributed by atoms with Gasteiger partial charge in [-0.2, -0.15) is 8.78 Å². The van der Waals surface area contributed by atoms with Gasteiger partial charge in [-0.05, 0) is 61.8 Å². The summed E-state index contributed by atoms with van der Waals surface area (Å²) in [5.41, 5.74) is 2.03. The van der Waals surface area contributed by atoms with Crippen molar-refractivity contribution in [1.82, 2.24) is 0 Å². The molecule has 0 spiro atoms. The monoisotopic (exact) mass is 538 g/mol. The lowest BCUT2D eigenvalue weighted by atomic mass is 9.76. The third-order valence-corrected chi connectivity index (χ3v) is 8.74. The maximum atomic E-state index is 14.7. The largest absolute Gasteiger partial charge is 0.432 e. The van der Waals surface area contributed by atoms with Crippen LogP contribution in [0, 0.1) is 41.1 Å². The molecule has 0 bridgehead atoms. The first-order valence-corrected chi connectivity index (χ1v) is 13.7. The van der Waals surface area contributed by atoms with E-state index in [1.807, 2.05) is 24.3 Å². The molecule has 0 N–H and O–H groups in total. The standard InChI is InChI=1S/C30H35F5O3/c1-18-2-4-21(5-3-18)23-16-36-29(37-17-23)22-8-6-19(7-9-22)20-10-12-24(13-11-20)30(34,35)38-25-14-26(31)28(33)27(32)15-25/h6-9,14-15,18,20-21,23-24,29H,2-5,10-13,16-17H2,1H3. The van der Waals surface area contributed by atoms with Crippen molar-refractivity contribution >= 4 is 0 Å². The number of rotatable bonds is 6. The van der Waals surface area contributed by atoms with Crippen molar-refractivity contribution in [3.63, 3.8) is 0 Å². The Hall–Kier alpha value is -2.19. The topological polar surface area (TPSA) is 27.7 Å². The van der Waals surface area contributed by atoms with Crippen LogP contribution in [0.3, 0.4) is 0 Å². The van der Waals surface area contributed by atoms with Crippen LogP contribution in [-0.2, 0) is 9.47 Å². The summed E-state index contributed by atoms with van der Waals surface area (Å²) in [6.45, 7) is 3.74. The smallest absolute Gasteiger partial charge is 0.400 e. The van der Waals surface area contributed by atoms with Gasteiger partial charge in [-0.25, -0.2) is 13.2 Å². The lowest BCUT2D eigenvalue weighted by Gasteiger charge is -2.37. The van der Waals surface area contributed by atoms with Gasteiger partial charge in [0.15, 0.2) is 23.7 Å². The molecule has 2 saturated carbocycles. The lowest BCUT2D eigenvalue weighted by Crippen LogP contribution is -2.37. The summed E-state index contributed by atoms with van der Waals surface area (Å²) in [4.78, 5) is 0. The van der Waals surface area contributed by atoms with Crippen LogP contribution in [0.2, 0.25) is 0 Å². The van der Waals surface area contributed by atoms with Crippen molar-refractivity contribution in [3.05, 3.63) is 65.0 Å². The summed E-state index contributed by atoms with van der Waals surface area (Å²) in [5, 5.41) is 0. The average molecular weight is 539 g/mol. The van der Waals surface area contributed by atoms with Crippen LogP contribution in [0.15, 0.2) is 36.4 Å². The van der Waals surface area contributed by atoms with Crippen LogP contribution in [0.1, 0.15) is 81.6 Å². The fourth-order valence-corrected chi connectivity index (χ4v) is 6.26. The van der Waals surface area contributed by atoms with Crippen molar-refractivity contribution in [2.75, 3.05) is 13.2 Å². The van der Waals surface area contributed by atoms with E-state index in [0.29, 0.717) is 50.0 Å². The maximum absolute atomic E-state index is 14.7. The van der Waals surface area contributed by atoms with Gasteiger partial charge in [0.25, 0.3) is 0 Å². The molecule has 2 aromatic rings. The Morgan fingerprint density at radius 2 is 1.29 bits per heavy atom. The molecule has 0 radical (unpaired) electrons. The molecule has 208 valence electrons. The minimum absolute atomic E-state index is 0.128. The Morgan fingerprint density at radius 3 is 1.87 bits per heavy atom. The number of ether oxygens (including phenoxy) is 3. The van der Waals surface area contributed by atoms with Gasteiger partial charge >= 0.3 is 6.11 Å². The van der Waals surface area contributed by atoms with Gasteiger partial charge in [0, 0.05) is 23.6 Å². The van der Waals surface area contributed by atoms with Gasteiger partial charge in [-0.15, -0.1) is 0 Å². The SMILES string of the molecule is CC1CCC(C2COC(c3ccc(C4CCC(C(F)(F)Oc5cc(F)c(F)c(F)c5)CC4)cc3)OC2)CC1. The Balaban J connectivity index is 1.11. The molecule has 1 aliphatic heterocycles. The van der Waals surface area contributed by atoms with E-state index < -0.39 is 35.2 Å². The van der Waals surface area contributed by atoms with Gasteiger partial charge in [0.1, 0.15) is 5.75 Å². The molecular weight excluding hydrogens is 503 g/mol. The van der Waals surface area contributed by atoms with E-state index in [9.17, 15) is 22.0 Å². The van der Waals surface area contributed by atoms with E-state index in [0.717, 1.165) is 17.0 Å². The van der Waals surface area contributed by atoms with Crippen LogP contribution in [0.5, 0.6) is 5.75 Å². The first kappa shape index (κ1) is 27.4. The van der Waals surface area contributed by atoms with E-state index in [1.165, 1.54) is 25.7 Å². The van der Waals surface area contributed by atoms with Gasteiger partial charge in [0.05, 0.1) is 19.1 Å². The summed E-state index contributed by atoms with van der Waals surface area (Å²) in [6, 6.07) is 8.89. The van der Waals surface area contributed by atoms with Crippen LogP contribution in [0.25, 0.3) is 0 Å². The predicted molar refractivity (Wildman–Crippen MR) is 132 cm³/mol.